The molecule has 1 saturated heterocycles. The van der Waals surface area contributed by atoms with Crippen molar-refractivity contribution < 1.29 is 14.3 Å². The summed E-state index contributed by atoms with van der Waals surface area (Å²) in [6.07, 6.45) is 4.12. The van der Waals surface area contributed by atoms with Crippen LogP contribution in [-0.4, -0.2) is 55.2 Å². The zero-order valence-electron chi connectivity index (χ0n) is 18.6. The molecular weight excluding hydrogens is 402 g/mol. The van der Waals surface area contributed by atoms with E-state index in [1.165, 1.54) is 0 Å². The van der Waals surface area contributed by atoms with Crippen molar-refractivity contribution >= 4 is 5.91 Å². The van der Waals surface area contributed by atoms with Crippen LogP contribution in [0.1, 0.15) is 11.1 Å². The fourth-order valence-electron chi connectivity index (χ4n) is 4.30. The van der Waals surface area contributed by atoms with Crippen LogP contribution in [-0.2, 0) is 22.5 Å². The molecule has 3 aromatic rings. The number of morpholine rings is 1. The van der Waals surface area contributed by atoms with Crippen molar-refractivity contribution in [2.24, 2.45) is 0 Å². The van der Waals surface area contributed by atoms with Gasteiger partial charge in [-0.2, -0.15) is 0 Å². The van der Waals surface area contributed by atoms with E-state index < -0.39 is 5.60 Å². The third kappa shape index (κ3) is 4.82. The maximum atomic E-state index is 13.0. The third-order valence-electron chi connectivity index (χ3n) is 5.93. The molecule has 4 rings (SSSR count). The van der Waals surface area contributed by atoms with Gasteiger partial charge in [0.05, 0.1) is 13.7 Å². The van der Waals surface area contributed by atoms with Gasteiger partial charge < -0.3 is 14.8 Å². The van der Waals surface area contributed by atoms with Gasteiger partial charge in [-0.15, -0.1) is 0 Å². The van der Waals surface area contributed by atoms with Gasteiger partial charge in [-0.25, -0.2) is 0 Å². The molecule has 1 unspecified atom stereocenters. The molecule has 166 valence electrons. The fraction of sp³-hybridized carbons (Fsp3) is 0.308. The van der Waals surface area contributed by atoms with E-state index in [0.717, 1.165) is 34.5 Å². The van der Waals surface area contributed by atoms with Crippen LogP contribution in [0.25, 0.3) is 11.1 Å². The second kappa shape index (κ2) is 9.94. The Kier molecular flexibility index (Phi) is 6.83. The van der Waals surface area contributed by atoms with Crippen LogP contribution in [0.2, 0.25) is 0 Å². The molecule has 1 aromatic heterocycles. The van der Waals surface area contributed by atoms with Gasteiger partial charge in [0, 0.05) is 51.1 Å². The summed E-state index contributed by atoms with van der Waals surface area (Å²) < 4.78 is 11.7. The van der Waals surface area contributed by atoms with Gasteiger partial charge in [0.25, 0.3) is 5.91 Å². The smallest absolute Gasteiger partial charge is 0.253 e. The molecule has 1 amide bonds. The first-order chi connectivity index (χ1) is 15.6. The second-order valence-corrected chi connectivity index (χ2v) is 8.06. The maximum Gasteiger partial charge on any atom is 0.253 e. The molecule has 0 aliphatic carbocycles. The highest BCUT2D eigenvalue weighted by Gasteiger charge is 2.43. The van der Waals surface area contributed by atoms with Crippen molar-refractivity contribution in [3.8, 4) is 16.9 Å². The largest absolute Gasteiger partial charge is 0.496 e. The van der Waals surface area contributed by atoms with Crippen molar-refractivity contribution in [2.45, 2.75) is 18.6 Å². The first-order valence-electron chi connectivity index (χ1n) is 10.8. The predicted octanol–water partition coefficient (Wildman–Crippen LogP) is 3.32. The molecular formula is C26H29N3O3. The average molecular weight is 432 g/mol. The molecule has 6 nitrogen and oxygen atoms in total. The molecule has 0 bridgehead atoms. The van der Waals surface area contributed by atoms with E-state index in [1.54, 1.807) is 20.4 Å². The lowest BCUT2D eigenvalue weighted by atomic mass is 9.90. The second-order valence-electron chi connectivity index (χ2n) is 8.06. The summed E-state index contributed by atoms with van der Waals surface area (Å²) in [5, 5.41) is 2.82. The van der Waals surface area contributed by atoms with Gasteiger partial charge in [0.15, 0.2) is 5.60 Å². The predicted molar refractivity (Wildman–Crippen MR) is 124 cm³/mol. The molecule has 0 radical (unpaired) electrons. The Morgan fingerprint density at radius 3 is 2.66 bits per heavy atom. The van der Waals surface area contributed by atoms with Gasteiger partial charge in [-0.3, -0.25) is 14.7 Å². The number of likely N-dealkylation sites (N-methyl/N-ethyl adjacent to an activating group) is 1. The van der Waals surface area contributed by atoms with E-state index in [2.05, 4.69) is 45.5 Å². The number of rotatable bonds is 7. The molecule has 0 spiro atoms. The normalized spacial score (nSPS) is 18.8. The molecule has 1 atom stereocenters. The summed E-state index contributed by atoms with van der Waals surface area (Å²) in [6, 6.07) is 20.2. The maximum absolute atomic E-state index is 13.0. The number of hydrogen-bond acceptors (Lipinski definition) is 5. The summed E-state index contributed by atoms with van der Waals surface area (Å²) in [4.78, 5) is 19.5. The quantitative estimate of drug-likeness (QED) is 0.622. The Labute approximate surface area is 189 Å². The molecule has 1 N–H and O–H groups in total. The molecule has 2 heterocycles. The summed E-state index contributed by atoms with van der Waals surface area (Å²) in [6.45, 7) is 2.47. The lowest BCUT2D eigenvalue weighted by molar-refractivity contribution is -0.160. The van der Waals surface area contributed by atoms with Crippen LogP contribution >= 0.6 is 0 Å². The topological polar surface area (TPSA) is 63.7 Å². The number of nitrogens with one attached hydrogen (secondary N) is 1. The summed E-state index contributed by atoms with van der Waals surface area (Å²) in [7, 11) is 3.35. The van der Waals surface area contributed by atoms with Gasteiger partial charge in [0.1, 0.15) is 5.75 Å². The number of nitrogens with zero attached hydrogens (tertiary/aromatic N) is 2. The van der Waals surface area contributed by atoms with Gasteiger partial charge in [-0.1, -0.05) is 48.5 Å². The molecule has 1 aliphatic rings. The minimum Gasteiger partial charge on any atom is -0.496 e. The number of aromatic nitrogens is 1. The zero-order valence-corrected chi connectivity index (χ0v) is 18.6. The monoisotopic (exact) mass is 431 g/mol. The van der Waals surface area contributed by atoms with Crippen LogP contribution in [0.3, 0.4) is 0 Å². The first-order valence-corrected chi connectivity index (χ1v) is 10.8. The van der Waals surface area contributed by atoms with E-state index in [4.69, 9.17) is 9.47 Å². The number of ether oxygens (including phenoxy) is 2. The highest BCUT2D eigenvalue weighted by Crippen LogP contribution is 2.28. The van der Waals surface area contributed by atoms with Crippen molar-refractivity contribution in [3.63, 3.8) is 0 Å². The van der Waals surface area contributed by atoms with Crippen molar-refractivity contribution in [2.75, 3.05) is 33.9 Å². The average Bonchev–Trinajstić information content (AvgIpc) is 2.85. The number of hydrogen-bond donors (Lipinski definition) is 1. The molecule has 0 saturated carbocycles. The fourth-order valence-corrected chi connectivity index (χ4v) is 4.30. The van der Waals surface area contributed by atoms with Crippen LogP contribution < -0.4 is 10.1 Å². The van der Waals surface area contributed by atoms with Crippen molar-refractivity contribution in [1.82, 2.24) is 15.2 Å². The Morgan fingerprint density at radius 2 is 1.94 bits per heavy atom. The number of carbonyl (C=O) groups is 1. The molecule has 1 fully saturated rings. The number of amides is 1. The van der Waals surface area contributed by atoms with Crippen molar-refractivity contribution in [3.05, 3.63) is 84.2 Å². The number of benzene rings is 2. The lowest BCUT2D eigenvalue weighted by Crippen LogP contribution is -2.60. The van der Waals surface area contributed by atoms with Gasteiger partial charge in [-0.05, 0) is 28.8 Å². The number of para-hydroxylation sites is 1. The Balaban J connectivity index is 1.53. The Hall–Kier alpha value is -3.22. The number of carbonyl (C=O) groups excluding carboxylic acids is 1. The van der Waals surface area contributed by atoms with E-state index >= 15 is 0 Å². The van der Waals surface area contributed by atoms with E-state index in [9.17, 15) is 4.79 Å². The zero-order chi connectivity index (χ0) is 22.4. The summed E-state index contributed by atoms with van der Waals surface area (Å²) >= 11 is 0. The van der Waals surface area contributed by atoms with Crippen LogP contribution in [0.4, 0.5) is 0 Å². The van der Waals surface area contributed by atoms with E-state index in [-0.39, 0.29) is 5.91 Å². The van der Waals surface area contributed by atoms with E-state index in [1.807, 2.05) is 36.5 Å². The highest BCUT2D eigenvalue weighted by molar-refractivity contribution is 5.86. The minimum absolute atomic E-state index is 0.0986. The Bertz CT molecular complexity index is 1040. The first kappa shape index (κ1) is 22.0. The van der Waals surface area contributed by atoms with Crippen LogP contribution in [0, 0.1) is 0 Å². The molecule has 32 heavy (non-hydrogen) atoms. The summed E-state index contributed by atoms with van der Waals surface area (Å²) in [5.74, 6) is 0.758. The van der Waals surface area contributed by atoms with Gasteiger partial charge in [0.2, 0.25) is 0 Å². The molecule has 1 aliphatic heterocycles. The number of pyridine rings is 1. The highest BCUT2D eigenvalue weighted by atomic mass is 16.5. The van der Waals surface area contributed by atoms with Crippen molar-refractivity contribution in [1.29, 1.82) is 0 Å². The SMILES string of the molecule is CNC(=O)C1(Cc2ccc(-c3cccnc3)cc2)CN(Cc2ccccc2OC)CCO1. The minimum atomic E-state index is -0.940. The van der Waals surface area contributed by atoms with Crippen LogP contribution in [0.5, 0.6) is 5.75 Å². The van der Waals surface area contributed by atoms with Crippen LogP contribution in [0.15, 0.2) is 73.1 Å². The van der Waals surface area contributed by atoms with E-state index in [0.29, 0.717) is 26.1 Å². The third-order valence-corrected chi connectivity index (χ3v) is 5.93. The lowest BCUT2D eigenvalue weighted by Gasteiger charge is -2.41. The molecule has 6 heteroatoms. The standard InChI is InChI=1S/C26H29N3O3/c1-27-25(30)26(16-20-9-11-21(12-10-20)22-7-5-13-28-17-22)19-29(14-15-32-26)18-23-6-3-4-8-24(23)31-2/h3-13,17H,14-16,18-19H2,1-2H3,(H,27,30). The summed E-state index contributed by atoms with van der Waals surface area (Å²) in [5.41, 5.74) is 3.38. The Morgan fingerprint density at radius 1 is 1.12 bits per heavy atom. The van der Waals surface area contributed by atoms with Gasteiger partial charge >= 0.3 is 0 Å². The number of methoxy groups -OCH3 is 1. The molecule has 2 aromatic carbocycles.